The predicted molar refractivity (Wildman–Crippen MR) is 84.1 cm³/mol. The summed E-state index contributed by atoms with van der Waals surface area (Å²) in [4.78, 5) is 14.8. The molecule has 1 amide bonds. The molecule has 4 nitrogen and oxygen atoms in total. The number of benzene rings is 1. The SMILES string of the molecule is CCN(Cc1ccccc1Cl)C(=O)C1(CN)CCOCC1. The van der Waals surface area contributed by atoms with E-state index in [0.29, 0.717) is 50.7 Å². The van der Waals surface area contributed by atoms with Crippen LogP contribution in [0.5, 0.6) is 0 Å². The van der Waals surface area contributed by atoms with E-state index in [0.717, 1.165) is 5.56 Å². The number of nitrogens with two attached hydrogens (primary N) is 1. The Morgan fingerprint density at radius 2 is 2.05 bits per heavy atom. The minimum atomic E-state index is -0.477. The number of nitrogens with zero attached hydrogens (tertiary/aromatic N) is 1. The molecule has 2 N–H and O–H groups in total. The second-order valence-corrected chi connectivity index (χ2v) is 5.91. The lowest BCUT2D eigenvalue weighted by molar-refractivity contribution is -0.147. The van der Waals surface area contributed by atoms with Gasteiger partial charge in [0.05, 0.1) is 5.41 Å². The van der Waals surface area contributed by atoms with Gasteiger partial charge in [-0.15, -0.1) is 0 Å². The fraction of sp³-hybridized carbons (Fsp3) is 0.562. The van der Waals surface area contributed by atoms with Crippen molar-refractivity contribution in [3.63, 3.8) is 0 Å². The molecular formula is C16H23ClN2O2. The van der Waals surface area contributed by atoms with Crippen LogP contribution < -0.4 is 5.73 Å². The van der Waals surface area contributed by atoms with E-state index in [2.05, 4.69) is 0 Å². The molecule has 0 aromatic heterocycles. The van der Waals surface area contributed by atoms with Gasteiger partial charge in [-0.1, -0.05) is 29.8 Å². The highest BCUT2D eigenvalue weighted by Crippen LogP contribution is 2.32. The van der Waals surface area contributed by atoms with Crippen molar-refractivity contribution < 1.29 is 9.53 Å². The lowest BCUT2D eigenvalue weighted by Gasteiger charge is -2.38. The van der Waals surface area contributed by atoms with Gasteiger partial charge in [-0.2, -0.15) is 0 Å². The fourth-order valence-corrected chi connectivity index (χ4v) is 2.96. The van der Waals surface area contributed by atoms with E-state index in [1.807, 2.05) is 36.1 Å². The van der Waals surface area contributed by atoms with Crippen molar-refractivity contribution in [2.24, 2.45) is 11.1 Å². The van der Waals surface area contributed by atoms with Crippen LogP contribution in [0.3, 0.4) is 0 Å². The fourth-order valence-electron chi connectivity index (χ4n) is 2.76. The molecule has 116 valence electrons. The lowest BCUT2D eigenvalue weighted by Crippen LogP contribution is -2.50. The summed E-state index contributed by atoms with van der Waals surface area (Å²) in [6, 6.07) is 7.64. The third-order valence-electron chi connectivity index (χ3n) is 4.28. The molecule has 1 aliphatic heterocycles. The van der Waals surface area contributed by atoms with Gasteiger partial charge in [-0.3, -0.25) is 4.79 Å². The molecule has 5 heteroatoms. The summed E-state index contributed by atoms with van der Waals surface area (Å²) in [7, 11) is 0. The average molecular weight is 311 g/mol. The summed E-state index contributed by atoms with van der Waals surface area (Å²) in [6.45, 7) is 4.73. The molecule has 1 aromatic rings. The molecule has 2 rings (SSSR count). The van der Waals surface area contributed by atoms with Crippen molar-refractivity contribution in [3.8, 4) is 0 Å². The first kappa shape index (κ1) is 16.3. The highest BCUT2D eigenvalue weighted by molar-refractivity contribution is 6.31. The normalized spacial score (nSPS) is 17.5. The summed E-state index contributed by atoms with van der Waals surface area (Å²) >= 11 is 6.20. The van der Waals surface area contributed by atoms with Crippen LogP contribution in [0.2, 0.25) is 5.02 Å². The monoisotopic (exact) mass is 310 g/mol. The van der Waals surface area contributed by atoms with E-state index < -0.39 is 5.41 Å². The number of carbonyl (C=O) groups is 1. The second kappa shape index (κ2) is 7.25. The summed E-state index contributed by atoms with van der Waals surface area (Å²) in [5.41, 5.74) is 6.42. The Morgan fingerprint density at radius 3 is 2.62 bits per heavy atom. The van der Waals surface area contributed by atoms with Gasteiger partial charge in [0.2, 0.25) is 5.91 Å². The maximum absolute atomic E-state index is 12.9. The van der Waals surface area contributed by atoms with Crippen LogP contribution in [0.4, 0.5) is 0 Å². The Balaban J connectivity index is 2.16. The number of hydrogen-bond acceptors (Lipinski definition) is 3. The van der Waals surface area contributed by atoms with Crippen molar-refractivity contribution in [2.75, 3.05) is 26.3 Å². The standard InChI is InChI=1S/C16H23ClN2O2/c1-2-19(11-13-5-3-4-6-14(13)17)15(20)16(12-18)7-9-21-10-8-16/h3-6H,2,7-12,18H2,1H3. The lowest BCUT2D eigenvalue weighted by atomic mass is 9.78. The molecule has 1 fully saturated rings. The number of rotatable bonds is 5. The zero-order valence-electron chi connectivity index (χ0n) is 12.5. The average Bonchev–Trinajstić information content (AvgIpc) is 2.54. The molecule has 0 radical (unpaired) electrons. The number of halogens is 1. The van der Waals surface area contributed by atoms with E-state index in [4.69, 9.17) is 22.1 Å². The summed E-state index contributed by atoms with van der Waals surface area (Å²) < 4.78 is 5.38. The van der Waals surface area contributed by atoms with Crippen molar-refractivity contribution in [3.05, 3.63) is 34.9 Å². The molecule has 0 saturated carbocycles. The minimum absolute atomic E-state index is 0.121. The Bertz CT molecular complexity index is 487. The van der Waals surface area contributed by atoms with Crippen LogP contribution >= 0.6 is 11.6 Å². The highest BCUT2D eigenvalue weighted by Gasteiger charge is 2.41. The number of amides is 1. The van der Waals surface area contributed by atoms with Gasteiger partial charge in [-0.25, -0.2) is 0 Å². The molecule has 0 bridgehead atoms. The third kappa shape index (κ3) is 3.57. The Kier molecular flexibility index (Phi) is 5.62. The summed E-state index contributed by atoms with van der Waals surface area (Å²) in [6.07, 6.45) is 1.39. The molecule has 0 atom stereocenters. The topological polar surface area (TPSA) is 55.6 Å². The molecule has 1 aliphatic rings. The smallest absolute Gasteiger partial charge is 0.230 e. The first-order chi connectivity index (χ1) is 10.1. The van der Waals surface area contributed by atoms with E-state index in [1.54, 1.807) is 0 Å². The molecule has 21 heavy (non-hydrogen) atoms. The van der Waals surface area contributed by atoms with Gasteiger partial charge in [0.1, 0.15) is 0 Å². The highest BCUT2D eigenvalue weighted by atomic mass is 35.5. The van der Waals surface area contributed by atoms with Gasteiger partial charge in [0.25, 0.3) is 0 Å². The zero-order valence-corrected chi connectivity index (χ0v) is 13.2. The molecule has 0 spiro atoms. The Morgan fingerprint density at radius 1 is 1.38 bits per heavy atom. The Hall–Kier alpha value is -1.10. The van der Waals surface area contributed by atoms with Crippen LogP contribution in [0.15, 0.2) is 24.3 Å². The summed E-state index contributed by atoms with van der Waals surface area (Å²) in [5, 5.41) is 0.692. The van der Waals surface area contributed by atoms with Crippen LogP contribution in [-0.4, -0.2) is 37.1 Å². The second-order valence-electron chi connectivity index (χ2n) is 5.51. The number of ether oxygens (including phenoxy) is 1. The Labute approximate surface area is 131 Å². The maximum Gasteiger partial charge on any atom is 0.230 e. The molecule has 1 saturated heterocycles. The molecule has 1 aromatic carbocycles. The maximum atomic E-state index is 12.9. The van der Waals surface area contributed by atoms with Crippen LogP contribution in [0.25, 0.3) is 0 Å². The van der Waals surface area contributed by atoms with Crippen LogP contribution in [0, 0.1) is 5.41 Å². The van der Waals surface area contributed by atoms with E-state index in [-0.39, 0.29) is 5.91 Å². The third-order valence-corrected chi connectivity index (χ3v) is 4.65. The van der Waals surface area contributed by atoms with Gasteiger partial charge < -0.3 is 15.4 Å². The van der Waals surface area contributed by atoms with E-state index in [1.165, 1.54) is 0 Å². The summed E-state index contributed by atoms with van der Waals surface area (Å²) in [5.74, 6) is 0.121. The van der Waals surface area contributed by atoms with E-state index >= 15 is 0 Å². The van der Waals surface area contributed by atoms with Gasteiger partial charge in [-0.05, 0) is 31.4 Å². The molecule has 0 unspecified atom stereocenters. The minimum Gasteiger partial charge on any atom is -0.381 e. The quantitative estimate of drug-likeness (QED) is 0.909. The van der Waals surface area contributed by atoms with Crippen LogP contribution in [-0.2, 0) is 16.1 Å². The molecule has 1 heterocycles. The first-order valence-electron chi connectivity index (χ1n) is 7.43. The zero-order chi connectivity index (χ0) is 15.3. The van der Waals surface area contributed by atoms with Gasteiger partial charge in [0.15, 0.2) is 0 Å². The van der Waals surface area contributed by atoms with Crippen molar-refractivity contribution >= 4 is 17.5 Å². The van der Waals surface area contributed by atoms with Gasteiger partial charge >= 0.3 is 0 Å². The number of hydrogen-bond donors (Lipinski definition) is 1. The molecular weight excluding hydrogens is 288 g/mol. The molecule has 0 aliphatic carbocycles. The van der Waals surface area contributed by atoms with Gasteiger partial charge in [0, 0.05) is 37.9 Å². The van der Waals surface area contributed by atoms with Crippen molar-refractivity contribution in [1.82, 2.24) is 4.90 Å². The van der Waals surface area contributed by atoms with Crippen LogP contribution in [0.1, 0.15) is 25.3 Å². The van der Waals surface area contributed by atoms with Crippen molar-refractivity contribution in [2.45, 2.75) is 26.3 Å². The number of carbonyl (C=O) groups excluding carboxylic acids is 1. The van der Waals surface area contributed by atoms with E-state index in [9.17, 15) is 4.79 Å². The first-order valence-corrected chi connectivity index (χ1v) is 7.81. The predicted octanol–water partition coefficient (Wildman–Crippen LogP) is 2.44. The largest absolute Gasteiger partial charge is 0.381 e. The van der Waals surface area contributed by atoms with Crippen molar-refractivity contribution in [1.29, 1.82) is 0 Å².